The number of nitrogens with one attached hydrogen (secondary N) is 1. The fourth-order valence-electron chi connectivity index (χ4n) is 5.98. The van der Waals surface area contributed by atoms with Crippen LogP contribution in [-0.4, -0.2) is 66.0 Å². The molecule has 2 fully saturated rings. The first kappa shape index (κ1) is 27.6. The van der Waals surface area contributed by atoms with Crippen LogP contribution in [-0.2, 0) is 17.9 Å². The molecule has 39 heavy (non-hydrogen) atoms. The second-order valence-electron chi connectivity index (χ2n) is 10.6. The highest BCUT2D eigenvalue weighted by Crippen LogP contribution is 2.30. The van der Waals surface area contributed by atoms with Crippen molar-refractivity contribution in [3.8, 4) is 0 Å². The molecule has 2 aliphatic heterocycles. The maximum absolute atomic E-state index is 14.4. The lowest BCUT2D eigenvalue weighted by molar-refractivity contribution is -0.121. The highest BCUT2D eigenvalue weighted by molar-refractivity contribution is 6.31. The summed E-state index contributed by atoms with van der Waals surface area (Å²) in [5.74, 6) is 0.282. The maximum Gasteiger partial charge on any atom is 0.220 e. The number of pyridine rings is 1. The summed E-state index contributed by atoms with van der Waals surface area (Å²) < 4.78 is 14.4. The number of anilines is 1. The molecule has 0 unspecified atom stereocenters. The molecule has 2 aliphatic rings. The Bertz CT molecular complexity index is 1220. The van der Waals surface area contributed by atoms with Gasteiger partial charge in [-0.2, -0.15) is 0 Å². The van der Waals surface area contributed by atoms with E-state index in [-0.39, 0.29) is 11.7 Å². The lowest BCUT2D eigenvalue weighted by atomic mass is 9.86. The first-order valence-electron chi connectivity index (χ1n) is 13.9. The molecular formula is C31H37ClFN5O. The lowest BCUT2D eigenvalue weighted by Gasteiger charge is -2.47. The zero-order chi connectivity index (χ0) is 27.0. The van der Waals surface area contributed by atoms with Gasteiger partial charge in [0.05, 0.1) is 5.69 Å². The van der Waals surface area contributed by atoms with Crippen molar-refractivity contribution in [1.29, 1.82) is 0 Å². The number of carbonyl (C=O) groups excluding carboxylic acids is 1. The summed E-state index contributed by atoms with van der Waals surface area (Å²) in [6.45, 7) is 6.64. The van der Waals surface area contributed by atoms with Crippen LogP contribution in [0.15, 0.2) is 73.1 Å². The first-order chi connectivity index (χ1) is 19.1. The van der Waals surface area contributed by atoms with Crippen molar-refractivity contribution in [2.24, 2.45) is 5.92 Å². The summed E-state index contributed by atoms with van der Waals surface area (Å²) in [4.78, 5) is 24.1. The van der Waals surface area contributed by atoms with Gasteiger partial charge in [-0.1, -0.05) is 48.0 Å². The summed E-state index contributed by atoms with van der Waals surface area (Å²) in [6, 6.07) is 19.3. The van der Waals surface area contributed by atoms with Crippen molar-refractivity contribution in [3.63, 3.8) is 0 Å². The van der Waals surface area contributed by atoms with Crippen molar-refractivity contribution in [3.05, 3.63) is 95.0 Å². The first-order valence-corrected chi connectivity index (χ1v) is 14.3. The number of para-hydroxylation sites is 1. The van der Waals surface area contributed by atoms with Crippen LogP contribution in [0.25, 0.3) is 0 Å². The van der Waals surface area contributed by atoms with Gasteiger partial charge in [-0.05, 0) is 60.7 Å². The average Bonchev–Trinajstić information content (AvgIpc) is 2.97. The van der Waals surface area contributed by atoms with Gasteiger partial charge in [0.15, 0.2) is 0 Å². The minimum atomic E-state index is -0.158. The number of likely N-dealkylation sites (tertiary alicyclic amines) is 1. The maximum atomic E-state index is 14.4. The predicted molar refractivity (Wildman–Crippen MR) is 154 cm³/mol. The molecule has 2 saturated heterocycles. The van der Waals surface area contributed by atoms with Gasteiger partial charge in [-0.25, -0.2) is 4.39 Å². The van der Waals surface area contributed by atoms with Crippen molar-refractivity contribution in [2.45, 2.75) is 38.4 Å². The van der Waals surface area contributed by atoms with E-state index in [0.29, 0.717) is 30.6 Å². The highest BCUT2D eigenvalue weighted by Gasteiger charge is 2.35. The number of carbonyl (C=O) groups is 1. The molecule has 8 heteroatoms. The van der Waals surface area contributed by atoms with E-state index >= 15 is 0 Å². The van der Waals surface area contributed by atoms with Gasteiger partial charge in [0, 0.05) is 75.7 Å². The third-order valence-electron chi connectivity index (χ3n) is 8.06. The number of halogens is 2. The van der Waals surface area contributed by atoms with Crippen LogP contribution in [0, 0.1) is 11.7 Å². The summed E-state index contributed by atoms with van der Waals surface area (Å²) in [5.41, 5.74) is 2.83. The Balaban J connectivity index is 1.21. The third kappa shape index (κ3) is 7.35. The van der Waals surface area contributed by atoms with Crippen LogP contribution >= 0.6 is 11.6 Å². The number of piperazine rings is 1. The highest BCUT2D eigenvalue weighted by atomic mass is 35.5. The van der Waals surface area contributed by atoms with E-state index in [4.69, 9.17) is 11.6 Å². The topological polar surface area (TPSA) is 51.7 Å². The minimum Gasteiger partial charge on any atom is -0.367 e. The molecular weight excluding hydrogens is 513 g/mol. The van der Waals surface area contributed by atoms with Crippen LogP contribution in [0.2, 0.25) is 5.02 Å². The number of nitrogens with zero attached hydrogens (tertiary/aromatic N) is 4. The summed E-state index contributed by atoms with van der Waals surface area (Å²) in [7, 11) is 0. The molecule has 3 aromatic rings. The molecule has 0 spiro atoms. The fraction of sp³-hybridized carbons (Fsp3) is 0.419. The number of hydrogen-bond donors (Lipinski definition) is 1. The fourth-order valence-corrected chi connectivity index (χ4v) is 6.18. The normalized spacial score (nSPS) is 20.6. The number of amides is 1. The Hall–Kier alpha value is -3.00. The Morgan fingerprint density at radius 1 is 1.00 bits per heavy atom. The molecule has 1 amide bonds. The second kappa shape index (κ2) is 13.4. The van der Waals surface area contributed by atoms with Gasteiger partial charge in [-0.3, -0.25) is 19.6 Å². The Kier molecular flexibility index (Phi) is 9.45. The van der Waals surface area contributed by atoms with Crippen LogP contribution in [0.4, 0.5) is 10.1 Å². The summed E-state index contributed by atoms with van der Waals surface area (Å²) in [6.07, 6.45) is 5.89. The molecule has 3 heterocycles. The molecule has 1 N–H and O–H groups in total. The number of rotatable bonds is 9. The van der Waals surface area contributed by atoms with E-state index in [0.717, 1.165) is 74.8 Å². The van der Waals surface area contributed by atoms with Crippen molar-refractivity contribution < 1.29 is 9.18 Å². The minimum absolute atomic E-state index is 0.0743. The van der Waals surface area contributed by atoms with Crippen molar-refractivity contribution in [1.82, 2.24) is 20.1 Å². The van der Waals surface area contributed by atoms with Crippen LogP contribution < -0.4 is 10.2 Å². The van der Waals surface area contributed by atoms with E-state index < -0.39 is 0 Å². The van der Waals surface area contributed by atoms with Crippen LogP contribution in [0.1, 0.15) is 30.4 Å². The summed E-state index contributed by atoms with van der Waals surface area (Å²) in [5, 5.41) is 3.86. The van der Waals surface area contributed by atoms with E-state index in [1.54, 1.807) is 18.5 Å². The molecule has 0 saturated carbocycles. The molecule has 206 valence electrons. The van der Waals surface area contributed by atoms with Crippen LogP contribution in [0.5, 0.6) is 0 Å². The van der Waals surface area contributed by atoms with Crippen molar-refractivity contribution >= 4 is 23.2 Å². The molecule has 1 aromatic heterocycles. The van der Waals surface area contributed by atoms with Gasteiger partial charge in [0.2, 0.25) is 5.91 Å². The smallest absolute Gasteiger partial charge is 0.220 e. The average molecular weight is 550 g/mol. The quantitative estimate of drug-likeness (QED) is 0.408. The van der Waals surface area contributed by atoms with Crippen LogP contribution in [0.3, 0.4) is 0 Å². The van der Waals surface area contributed by atoms with Crippen molar-refractivity contribution in [2.75, 3.05) is 44.2 Å². The Morgan fingerprint density at radius 2 is 1.79 bits per heavy atom. The van der Waals surface area contributed by atoms with Gasteiger partial charge < -0.3 is 10.2 Å². The Labute approximate surface area is 235 Å². The van der Waals surface area contributed by atoms with Gasteiger partial charge in [-0.15, -0.1) is 0 Å². The molecule has 0 bridgehead atoms. The van der Waals surface area contributed by atoms with E-state index in [2.05, 4.69) is 31.1 Å². The van der Waals surface area contributed by atoms with Gasteiger partial charge in [0.25, 0.3) is 0 Å². The molecule has 0 aliphatic carbocycles. The SMILES string of the molecule is O=C(CC[C@H]1CN(Cc2ccccc2Cl)CC[C@H]1N1CCN(c2ccccc2F)CC1)NCc1cccnc1. The number of piperidine rings is 1. The summed E-state index contributed by atoms with van der Waals surface area (Å²) >= 11 is 6.47. The lowest BCUT2D eigenvalue weighted by Crippen LogP contribution is -2.56. The standard InChI is InChI=1S/C31H37ClFN5O/c32-27-8-2-1-7-25(27)22-36-15-13-29(37-16-18-38(19-17-37)30-10-4-3-9-28(30)33)26(23-36)11-12-31(39)35-21-24-6-5-14-34-20-24/h1-10,14,20,26,29H,11-13,15-19,21-23H2,(H,35,39)/t26-,29+/m0/s1. The molecule has 0 radical (unpaired) electrons. The number of aromatic nitrogens is 1. The van der Waals surface area contributed by atoms with E-state index in [1.807, 2.05) is 42.5 Å². The largest absolute Gasteiger partial charge is 0.367 e. The second-order valence-corrected chi connectivity index (χ2v) is 11.0. The van der Waals surface area contributed by atoms with Gasteiger partial charge in [0.1, 0.15) is 5.82 Å². The third-order valence-corrected chi connectivity index (χ3v) is 8.43. The zero-order valence-corrected chi connectivity index (χ0v) is 23.1. The molecule has 2 aromatic carbocycles. The molecule has 5 rings (SSSR count). The predicted octanol–water partition coefficient (Wildman–Crippen LogP) is 4.98. The molecule has 6 nitrogen and oxygen atoms in total. The monoisotopic (exact) mass is 549 g/mol. The van der Waals surface area contributed by atoms with Gasteiger partial charge >= 0.3 is 0 Å². The number of benzene rings is 2. The Morgan fingerprint density at radius 3 is 2.56 bits per heavy atom. The number of hydrogen-bond acceptors (Lipinski definition) is 5. The van der Waals surface area contributed by atoms with E-state index in [9.17, 15) is 9.18 Å². The zero-order valence-electron chi connectivity index (χ0n) is 22.3. The van der Waals surface area contributed by atoms with E-state index in [1.165, 1.54) is 6.07 Å². The molecule has 2 atom stereocenters.